The Balaban J connectivity index is 2.43. The van der Waals surface area contributed by atoms with Gasteiger partial charge in [0.15, 0.2) is 0 Å². The van der Waals surface area contributed by atoms with E-state index in [1.807, 2.05) is 11.0 Å². The molecule has 1 rings (SSSR count). The maximum absolute atomic E-state index is 11.9. The van der Waals surface area contributed by atoms with Crippen LogP contribution in [0.4, 0.5) is 0 Å². The third kappa shape index (κ3) is 4.34. The fraction of sp³-hybridized carbons (Fsp3) is 0.750. The lowest BCUT2D eigenvalue weighted by atomic mass is 10.1. The van der Waals surface area contributed by atoms with Crippen molar-refractivity contribution in [2.24, 2.45) is 0 Å². The number of carboxylic acid groups (broad SMARTS) is 1. The minimum absolute atomic E-state index is 0.0317. The minimum atomic E-state index is -0.822. The first-order chi connectivity index (χ1) is 8.54. The van der Waals surface area contributed by atoms with E-state index in [2.05, 4.69) is 0 Å². The summed E-state index contributed by atoms with van der Waals surface area (Å²) in [6, 6.07) is 1.97. The molecular formula is C12H19N3O3. The molecule has 1 aliphatic heterocycles. The summed E-state index contributed by atoms with van der Waals surface area (Å²) in [7, 11) is 1.67. The van der Waals surface area contributed by atoms with Gasteiger partial charge < -0.3 is 10.0 Å². The van der Waals surface area contributed by atoms with Crippen LogP contribution in [0.1, 0.15) is 25.7 Å². The predicted molar refractivity (Wildman–Crippen MR) is 64.7 cm³/mol. The number of rotatable bonds is 6. The number of likely N-dealkylation sites (N-methyl/N-ethyl adjacent to an activating group) is 1. The molecule has 1 N–H and O–H groups in total. The first kappa shape index (κ1) is 14.5. The van der Waals surface area contributed by atoms with Gasteiger partial charge in [-0.25, -0.2) is 0 Å². The molecule has 0 spiro atoms. The summed E-state index contributed by atoms with van der Waals surface area (Å²) >= 11 is 0. The van der Waals surface area contributed by atoms with Gasteiger partial charge in [-0.3, -0.25) is 14.5 Å². The summed E-state index contributed by atoms with van der Waals surface area (Å²) < 4.78 is 0. The van der Waals surface area contributed by atoms with Crippen LogP contribution in [-0.4, -0.2) is 59.5 Å². The maximum Gasteiger partial charge on any atom is 0.304 e. The highest BCUT2D eigenvalue weighted by atomic mass is 16.4. The molecule has 18 heavy (non-hydrogen) atoms. The standard InChI is InChI=1S/C12H19N3O3/c1-14(6-3-5-13)11(16)9-15-7-2-4-10(15)8-12(17)18/h10H,2-4,6-9H2,1H3,(H,17,18). The van der Waals surface area contributed by atoms with E-state index in [-0.39, 0.29) is 24.9 Å². The lowest BCUT2D eigenvalue weighted by Crippen LogP contribution is -2.41. The Kier molecular flexibility index (Phi) is 5.59. The normalized spacial score (nSPS) is 19.4. The molecule has 0 aromatic rings. The van der Waals surface area contributed by atoms with Crippen LogP contribution >= 0.6 is 0 Å². The van der Waals surface area contributed by atoms with Crippen LogP contribution in [-0.2, 0) is 9.59 Å². The van der Waals surface area contributed by atoms with Crippen LogP contribution in [0.25, 0.3) is 0 Å². The lowest BCUT2D eigenvalue weighted by Gasteiger charge is -2.25. The van der Waals surface area contributed by atoms with Crippen molar-refractivity contribution in [3.8, 4) is 6.07 Å². The molecule has 0 saturated carbocycles. The van der Waals surface area contributed by atoms with Crippen molar-refractivity contribution < 1.29 is 14.7 Å². The number of carbonyl (C=O) groups is 2. The van der Waals surface area contributed by atoms with Gasteiger partial charge in [0.1, 0.15) is 0 Å². The Hall–Kier alpha value is -1.61. The van der Waals surface area contributed by atoms with Gasteiger partial charge in [0.25, 0.3) is 0 Å². The molecule has 1 saturated heterocycles. The van der Waals surface area contributed by atoms with Crippen LogP contribution in [0.2, 0.25) is 0 Å². The number of amides is 1. The molecule has 0 aromatic heterocycles. The third-order valence-corrected chi connectivity index (χ3v) is 3.23. The Labute approximate surface area is 107 Å². The molecular weight excluding hydrogens is 234 g/mol. The third-order valence-electron chi connectivity index (χ3n) is 3.23. The second kappa shape index (κ2) is 6.97. The first-order valence-corrected chi connectivity index (χ1v) is 6.11. The second-order valence-electron chi connectivity index (χ2n) is 4.59. The predicted octanol–water partition coefficient (Wildman–Crippen LogP) is 0.298. The van der Waals surface area contributed by atoms with E-state index in [0.29, 0.717) is 13.0 Å². The topological polar surface area (TPSA) is 84.6 Å². The van der Waals surface area contributed by atoms with Crippen molar-refractivity contribution in [3.63, 3.8) is 0 Å². The molecule has 1 fully saturated rings. The zero-order valence-corrected chi connectivity index (χ0v) is 10.6. The molecule has 1 amide bonds. The SMILES string of the molecule is CN(CCC#N)C(=O)CN1CCCC1CC(=O)O. The fourth-order valence-electron chi connectivity index (χ4n) is 2.17. The summed E-state index contributed by atoms with van der Waals surface area (Å²) in [5, 5.41) is 17.3. The average Bonchev–Trinajstić information content (AvgIpc) is 2.72. The monoisotopic (exact) mass is 253 g/mol. The Morgan fingerprint density at radius 2 is 2.28 bits per heavy atom. The van der Waals surface area contributed by atoms with Crippen molar-refractivity contribution in [2.75, 3.05) is 26.7 Å². The number of carboxylic acids is 1. The van der Waals surface area contributed by atoms with E-state index >= 15 is 0 Å². The minimum Gasteiger partial charge on any atom is -0.481 e. The van der Waals surface area contributed by atoms with Crippen molar-refractivity contribution in [2.45, 2.75) is 31.7 Å². The number of likely N-dealkylation sites (tertiary alicyclic amines) is 1. The Bertz CT molecular complexity index is 351. The van der Waals surface area contributed by atoms with Gasteiger partial charge in [-0.05, 0) is 19.4 Å². The molecule has 0 radical (unpaired) electrons. The number of nitriles is 1. The summed E-state index contributed by atoms with van der Waals surface area (Å²) in [5.74, 6) is -0.875. The van der Waals surface area contributed by atoms with Gasteiger partial charge in [0.05, 0.1) is 25.5 Å². The van der Waals surface area contributed by atoms with Gasteiger partial charge in [-0.1, -0.05) is 0 Å². The first-order valence-electron chi connectivity index (χ1n) is 6.11. The maximum atomic E-state index is 11.9. The van der Waals surface area contributed by atoms with Crippen LogP contribution in [0.3, 0.4) is 0 Å². The van der Waals surface area contributed by atoms with Gasteiger partial charge in [-0.2, -0.15) is 5.26 Å². The zero-order valence-electron chi connectivity index (χ0n) is 10.6. The number of hydrogen-bond donors (Lipinski definition) is 1. The van der Waals surface area contributed by atoms with E-state index in [4.69, 9.17) is 10.4 Å². The molecule has 100 valence electrons. The van der Waals surface area contributed by atoms with Gasteiger partial charge in [-0.15, -0.1) is 0 Å². The molecule has 0 bridgehead atoms. The highest BCUT2D eigenvalue weighted by Gasteiger charge is 2.28. The Morgan fingerprint density at radius 3 is 2.89 bits per heavy atom. The van der Waals surface area contributed by atoms with Gasteiger partial charge in [0, 0.05) is 19.6 Å². The highest BCUT2D eigenvalue weighted by molar-refractivity contribution is 5.78. The zero-order chi connectivity index (χ0) is 13.5. The number of aliphatic carboxylic acids is 1. The van der Waals surface area contributed by atoms with E-state index in [1.54, 1.807) is 7.05 Å². The molecule has 0 aromatic carbocycles. The molecule has 1 atom stereocenters. The van der Waals surface area contributed by atoms with E-state index in [0.717, 1.165) is 19.4 Å². The lowest BCUT2D eigenvalue weighted by molar-refractivity contribution is -0.139. The largest absolute Gasteiger partial charge is 0.481 e. The van der Waals surface area contributed by atoms with Crippen LogP contribution in [0.5, 0.6) is 0 Å². The van der Waals surface area contributed by atoms with Crippen molar-refractivity contribution >= 4 is 11.9 Å². The van der Waals surface area contributed by atoms with Gasteiger partial charge in [0.2, 0.25) is 5.91 Å². The molecule has 1 heterocycles. The van der Waals surface area contributed by atoms with Crippen molar-refractivity contribution in [1.82, 2.24) is 9.80 Å². The quantitative estimate of drug-likeness (QED) is 0.735. The Morgan fingerprint density at radius 1 is 1.56 bits per heavy atom. The summed E-state index contributed by atoms with van der Waals surface area (Å²) in [5.41, 5.74) is 0. The average molecular weight is 253 g/mol. The fourth-order valence-corrected chi connectivity index (χ4v) is 2.17. The smallest absolute Gasteiger partial charge is 0.304 e. The van der Waals surface area contributed by atoms with E-state index in [1.165, 1.54) is 4.90 Å². The van der Waals surface area contributed by atoms with E-state index in [9.17, 15) is 9.59 Å². The van der Waals surface area contributed by atoms with Crippen LogP contribution < -0.4 is 0 Å². The number of nitrogens with zero attached hydrogens (tertiary/aromatic N) is 3. The van der Waals surface area contributed by atoms with Crippen molar-refractivity contribution in [1.29, 1.82) is 5.26 Å². The van der Waals surface area contributed by atoms with E-state index < -0.39 is 5.97 Å². The summed E-state index contributed by atoms with van der Waals surface area (Å²) in [6.45, 7) is 1.45. The summed E-state index contributed by atoms with van der Waals surface area (Å²) in [4.78, 5) is 26.0. The second-order valence-corrected chi connectivity index (χ2v) is 4.59. The highest BCUT2D eigenvalue weighted by Crippen LogP contribution is 2.19. The van der Waals surface area contributed by atoms with Crippen molar-refractivity contribution in [3.05, 3.63) is 0 Å². The molecule has 1 aliphatic rings. The summed E-state index contributed by atoms with van der Waals surface area (Å²) in [6.07, 6.45) is 2.19. The molecule has 6 nitrogen and oxygen atoms in total. The number of hydrogen-bond acceptors (Lipinski definition) is 4. The number of carbonyl (C=O) groups excluding carboxylic acids is 1. The molecule has 6 heteroatoms. The van der Waals surface area contributed by atoms with Crippen LogP contribution in [0.15, 0.2) is 0 Å². The molecule has 1 unspecified atom stereocenters. The molecule has 0 aliphatic carbocycles. The van der Waals surface area contributed by atoms with Crippen LogP contribution in [0, 0.1) is 11.3 Å². The van der Waals surface area contributed by atoms with Gasteiger partial charge >= 0.3 is 5.97 Å².